The zero-order chi connectivity index (χ0) is 12.3. The summed E-state index contributed by atoms with van der Waals surface area (Å²) in [6.45, 7) is 5.51. The molecule has 1 aromatic carbocycles. The number of benzene rings is 1. The number of hydrogen-bond acceptors (Lipinski definition) is 4. The van der Waals surface area contributed by atoms with Crippen LogP contribution >= 0.6 is 0 Å². The molecular formula is C13H19NO3. The van der Waals surface area contributed by atoms with E-state index in [2.05, 4.69) is 19.2 Å². The van der Waals surface area contributed by atoms with E-state index >= 15 is 0 Å². The molecule has 4 heteroatoms. The maximum atomic E-state index is 9.41. The van der Waals surface area contributed by atoms with Gasteiger partial charge in [-0.3, -0.25) is 0 Å². The molecule has 0 fully saturated rings. The number of aliphatic hydroxyl groups excluding tert-OH is 1. The number of aliphatic hydroxyl groups is 1. The smallest absolute Gasteiger partial charge is 0.231 e. The van der Waals surface area contributed by atoms with Gasteiger partial charge in [0, 0.05) is 0 Å². The van der Waals surface area contributed by atoms with Gasteiger partial charge in [-0.15, -0.1) is 0 Å². The van der Waals surface area contributed by atoms with E-state index < -0.39 is 0 Å². The highest BCUT2D eigenvalue weighted by atomic mass is 16.7. The highest BCUT2D eigenvalue weighted by Crippen LogP contribution is 2.34. The van der Waals surface area contributed by atoms with Gasteiger partial charge in [0.25, 0.3) is 0 Å². The van der Waals surface area contributed by atoms with Crippen molar-refractivity contribution in [3.05, 3.63) is 23.8 Å². The van der Waals surface area contributed by atoms with Crippen LogP contribution in [0.25, 0.3) is 0 Å². The molecule has 4 nitrogen and oxygen atoms in total. The summed E-state index contributed by atoms with van der Waals surface area (Å²) in [5, 5.41) is 12.7. The van der Waals surface area contributed by atoms with Gasteiger partial charge >= 0.3 is 0 Å². The van der Waals surface area contributed by atoms with Gasteiger partial charge in [-0.25, -0.2) is 0 Å². The summed E-state index contributed by atoms with van der Waals surface area (Å²) < 4.78 is 10.6. The first-order valence-electron chi connectivity index (χ1n) is 5.94. The number of fused-ring (bicyclic) bond motifs is 1. The summed E-state index contributed by atoms with van der Waals surface area (Å²) in [5.74, 6) is 2.08. The molecule has 0 saturated carbocycles. The van der Waals surface area contributed by atoms with E-state index in [1.54, 1.807) is 0 Å². The Morgan fingerprint density at radius 1 is 1.29 bits per heavy atom. The Bertz CT molecular complexity index is 379. The van der Waals surface area contributed by atoms with Gasteiger partial charge in [-0.1, -0.05) is 19.9 Å². The van der Waals surface area contributed by atoms with E-state index in [0.717, 1.165) is 23.6 Å². The van der Waals surface area contributed by atoms with Crippen LogP contribution in [-0.2, 0) is 0 Å². The highest BCUT2D eigenvalue weighted by Gasteiger charge is 2.17. The summed E-state index contributed by atoms with van der Waals surface area (Å²) in [7, 11) is 0. The van der Waals surface area contributed by atoms with Crippen molar-refractivity contribution < 1.29 is 14.6 Å². The largest absolute Gasteiger partial charge is 0.454 e. The van der Waals surface area contributed by atoms with Crippen molar-refractivity contribution in [1.82, 2.24) is 5.32 Å². The van der Waals surface area contributed by atoms with Crippen LogP contribution < -0.4 is 14.8 Å². The Kier molecular flexibility index (Phi) is 3.86. The average Bonchev–Trinajstić information content (AvgIpc) is 2.76. The topological polar surface area (TPSA) is 50.7 Å². The minimum Gasteiger partial charge on any atom is -0.454 e. The van der Waals surface area contributed by atoms with Crippen LogP contribution in [0.4, 0.5) is 0 Å². The number of hydrogen-bond donors (Lipinski definition) is 2. The zero-order valence-electron chi connectivity index (χ0n) is 10.3. The van der Waals surface area contributed by atoms with E-state index in [4.69, 9.17) is 9.47 Å². The van der Waals surface area contributed by atoms with Crippen molar-refractivity contribution in [3.8, 4) is 11.5 Å². The molecule has 1 atom stereocenters. The van der Waals surface area contributed by atoms with Crippen LogP contribution in [0.15, 0.2) is 18.2 Å². The first kappa shape index (κ1) is 12.2. The second kappa shape index (κ2) is 5.38. The van der Waals surface area contributed by atoms with E-state index in [1.165, 1.54) is 0 Å². The normalized spacial score (nSPS) is 15.3. The third kappa shape index (κ3) is 2.90. The first-order chi connectivity index (χ1) is 8.20. The zero-order valence-corrected chi connectivity index (χ0v) is 10.3. The van der Waals surface area contributed by atoms with Crippen LogP contribution in [0.1, 0.15) is 25.5 Å². The van der Waals surface area contributed by atoms with Crippen LogP contribution in [0.3, 0.4) is 0 Å². The van der Waals surface area contributed by atoms with E-state index in [1.807, 2.05) is 18.2 Å². The predicted molar refractivity (Wildman–Crippen MR) is 65.2 cm³/mol. The summed E-state index contributed by atoms with van der Waals surface area (Å²) in [5.41, 5.74) is 1.03. The lowest BCUT2D eigenvalue weighted by Crippen LogP contribution is -2.27. The molecule has 2 N–H and O–H groups in total. The molecule has 0 radical (unpaired) electrons. The Balaban J connectivity index is 2.08. The SMILES string of the molecule is CC(C)CNC(CO)c1ccc2c(c1)OCO2. The quantitative estimate of drug-likeness (QED) is 0.818. The Morgan fingerprint density at radius 2 is 2.06 bits per heavy atom. The molecule has 17 heavy (non-hydrogen) atoms. The van der Waals surface area contributed by atoms with Gasteiger partial charge in [0.2, 0.25) is 6.79 Å². The van der Waals surface area contributed by atoms with Crippen molar-refractivity contribution >= 4 is 0 Å². The van der Waals surface area contributed by atoms with Crippen molar-refractivity contribution in [2.45, 2.75) is 19.9 Å². The van der Waals surface area contributed by atoms with Crippen molar-refractivity contribution in [2.75, 3.05) is 19.9 Å². The summed E-state index contributed by atoms with van der Waals surface area (Å²) in [6.07, 6.45) is 0. The minimum atomic E-state index is -0.0492. The molecule has 1 aliphatic rings. The fraction of sp³-hybridized carbons (Fsp3) is 0.538. The Hall–Kier alpha value is -1.26. The van der Waals surface area contributed by atoms with Crippen molar-refractivity contribution in [3.63, 3.8) is 0 Å². The molecule has 1 aliphatic heterocycles. The Morgan fingerprint density at radius 3 is 2.76 bits per heavy atom. The summed E-state index contributed by atoms with van der Waals surface area (Å²) >= 11 is 0. The van der Waals surface area contributed by atoms with Gasteiger partial charge in [-0.05, 0) is 30.2 Å². The van der Waals surface area contributed by atoms with Gasteiger partial charge in [0.1, 0.15) is 0 Å². The molecule has 1 aromatic rings. The molecule has 0 amide bonds. The fourth-order valence-corrected chi connectivity index (χ4v) is 1.80. The fourth-order valence-electron chi connectivity index (χ4n) is 1.80. The molecule has 0 saturated heterocycles. The van der Waals surface area contributed by atoms with E-state index in [0.29, 0.717) is 5.92 Å². The van der Waals surface area contributed by atoms with E-state index in [9.17, 15) is 5.11 Å². The summed E-state index contributed by atoms with van der Waals surface area (Å²) in [6, 6.07) is 5.72. The van der Waals surface area contributed by atoms with Gasteiger partial charge in [0.05, 0.1) is 12.6 Å². The maximum Gasteiger partial charge on any atom is 0.231 e. The molecule has 0 aromatic heterocycles. The number of rotatable bonds is 5. The molecule has 94 valence electrons. The lowest BCUT2D eigenvalue weighted by molar-refractivity contribution is 0.174. The third-order valence-electron chi connectivity index (χ3n) is 2.75. The minimum absolute atomic E-state index is 0.0492. The molecule has 2 rings (SSSR count). The summed E-state index contributed by atoms with van der Waals surface area (Å²) in [4.78, 5) is 0. The monoisotopic (exact) mass is 237 g/mol. The third-order valence-corrected chi connectivity index (χ3v) is 2.75. The predicted octanol–water partition coefficient (Wildman–Crippen LogP) is 1.69. The lowest BCUT2D eigenvalue weighted by Gasteiger charge is -2.18. The van der Waals surface area contributed by atoms with Gasteiger partial charge in [-0.2, -0.15) is 0 Å². The maximum absolute atomic E-state index is 9.41. The van der Waals surface area contributed by atoms with E-state index in [-0.39, 0.29) is 19.4 Å². The molecule has 1 unspecified atom stereocenters. The van der Waals surface area contributed by atoms with Crippen molar-refractivity contribution in [2.24, 2.45) is 5.92 Å². The second-order valence-corrected chi connectivity index (χ2v) is 4.65. The molecule has 0 bridgehead atoms. The molecule has 0 aliphatic carbocycles. The number of nitrogens with one attached hydrogen (secondary N) is 1. The standard InChI is InChI=1S/C13H19NO3/c1-9(2)6-14-11(7-15)10-3-4-12-13(5-10)17-8-16-12/h3-5,9,11,14-15H,6-8H2,1-2H3. The average molecular weight is 237 g/mol. The molecular weight excluding hydrogens is 218 g/mol. The molecule has 0 spiro atoms. The second-order valence-electron chi connectivity index (χ2n) is 4.65. The van der Waals surface area contributed by atoms with Gasteiger partial charge < -0.3 is 19.9 Å². The van der Waals surface area contributed by atoms with Crippen LogP contribution in [-0.4, -0.2) is 25.1 Å². The first-order valence-corrected chi connectivity index (χ1v) is 5.94. The number of ether oxygens (including phenoxy) is 2. The lowest BCUT2D eigenvalue weighted by atomic mass is 10.1. The highest BCUT2D eigenvalue weighted by molar-refractivity contribution is 5.45. The van der Waals surface area contributed by atoms with Crippen LogP contribution in [0.2, 0.25) is 0 Å². The van der Waals surface area contributed by atoms with Crippen LogP contribution in [0.5, 0.6) is 11.5 Å². The van der Waals surface area contributed by atoms with Crippen LogP contribution in [0, 0.1) is 5.92 Å². The molecule has 1 heterocycles. The van der Waals surface area contributed by atoms with Gasteiger partial charge in [0.15, 0.2) is 11.5 Å². The van der Waals surface area contributed by atoms with Crippen molar-refractivity contribution in [1.29, 1.82) is 0 Å². The Labute approximate surface area is 102 Å².